The van der Waals surface area contributed by atoms with Crippen molar-refractivity contribution >= 4 is 28.6 Å². The van der Waals surface area contributed by atoms with Gasteiger partial charge < -0.3 is 0 Å². The van der Waals surface area contributed by atoms with Gasteiger partial charge in [-0.2, -0.15) is 0 Å². The molecule has 0 spiro atoms. The van der Waals surface area contributed by atoms with Gasteiger partial charge in [-0.05, 0) is 50.3 Å². The van der Waals surface area contributed by atoms with Crippen LogP contribution in [0.4, 0.5) is 11.9 Å². The molecule has 1 aliphatic carbocycles. The number of benzene rings is 2. The summed E-state index contributed by atoms with van der Waals surface area (Å²) in [5.74, 6) is 1.08. The lowest BCUT2D eigenvalue weighted by Gasteiger charge is -2.23. The number of carbonyl (C=O) groups excluding carboxylic acids is 1. The molecule has 0 amide bonds. The molecule has 1 N–H and O–H groups in total. The van der Waals surface area contributed by atoms with Gasteiger partial charge >= 0.3 is 0 Å². The van der Waals surface area contributed by atoms with Crippen LogP contribution in [-0.2, 0) is 6.42 Å². The summed E-state index contributed by atoms with van der Waals surface area (Å²) in [6, 6.07) is 14.5. The van der Waals surface area contributed by atoms with Gasteiger partial charge in [0.15, 0.2) is 5.78 Å². The van der Waals surface area contributed by atoms with Crippen molar-refractivity contribution in [2.24, 2.45) is 0 Å². The van der Waals surface area contributed by atoms with E-state index in [0.717, 1.165) is 27.9 Å². The molecule has 4 aromatic rings. The quantitative estimate of drug-likeness (QED) is 0.513. The summed E-state index contributed by atoms with van der Waals surface area (Å²) in [7, 11) is 0. The van der Waals surface area contributed by atoms with Crippen molar-refractivity contribution in [3.63, 3.8) is 0 Å². The lowest BCUT2D eigenvalue weighted by molar-refractivity contribution is 0.0962. The fraction of sp³-hybridized carbons (Fsp3) is 0.240. The smallest absolute Gasteiger partial charge is 0.230 e. The summed E-state index contributed by atoms with van der Waals surface area (Å²) in [4.78, 5) is 30.9. The molecule has 0 aliphatic heterocycles. The van der Waals surface area contributed by atoms with Gasteiger partial charge in [0.2, 0.25) is 11.9 Å². The highest BCUT2D eigenvalue weighted by molar-refractivity contribution is 5.98. The number of nitrogens with one attached hydrogen (secondary N) is 1. The monoisotopic (exact) mass is 409 g/mol. The summed E-state index contributed by atoms with van der Waals surface area (Å²) >= 11 is 0. The Balaban J connectivity index is 1.45. The van der Waals surface area contributed by atoms with Gasteiger partial charge in [0.05, 0.1) is 22.5 Å². The van der Waals surface area contributed by atoms with E-state index in [9.17, 15) is 4.79 Å². The second-order valence-electron chi connectivity index (χ2n) is 8.27. The second-order valence-corrected chi connectivity index (χ2v) is 8.27. The molecule has 0 unspecified atom stereocenters. The standard InChI is InChI=1S/C25H23N5O/c1-14-4-7-17(8-5-14)18-11-22-20(23(31)12-18)13-26-24(28-22)30-25-27-16(3)19-9-6-15(2)10-21(19)29-25/h4-10,13,18H,11-12H2,1-3H3,(H,26,27,28,29,30)/t18-/m1/s1. The molecule has 0 saturated heterocycles. The number of nitrogens with zero attached hydrogens (tertiary/aromatic N) is 4. The maximum atomic E-state index is 12.7. The van der Waals surface area contributed by atoms with Crippen molar-refractivity contribution in [3.05, 3.63) is 82.3 Å². The van der Waals surface area contributed by atoms with E-state index in [2.05, 4.69) is 62.5 Å². The zero-order valence-corrected chi connectivity index (χ0v) is 17.8. The molecule has 0 saturated carbocycles. The van der Waals surface area contributed by atoms with E-state index < -0.39 is 0 Å². The number of anilines is 2. The summed E-state index contributed by atoms with van der Waals surface area (Å²) < 4.78 is 0. The Labute approximate surface area is 180 Å². The molecular weight excluding hydrogens is 386 g/mol. The highest BCUT2D eigenvalue weighted by Gasteiger charge is 2.28. The first-order chi connectivity index (χ1) is 15.0. The zero-order chi connectivity index (χ0) is 21.5. The number of carbonyl (C=O) groups is 1. The third kappa shape index (κ3) is 3.77. The first-order valence-electron chi connectivity index (χ1n) is 10.4. The van der Waals surface area contributed by atoms with Crippen LogP contribution in [0.5, 0.6) is 0 Å². The number of Topliss-reactive ketones (excluding diaryl/α,β-unsaturated/α-hetero) is 1. The van der Waals surface area contributed by atoms with Crippen LogP contribution in [0.3, 0.4) is 0 Å². The number of aryl methyl sites for hydroxylation is 3. The summed E-state index contributed by atoms with van der Waals surface area (Å²) in [5, 5.41) is 4.15. The van der Waals surface area contributed by atoms with E-state index in [-0.39, 0.29) is 11.7 Å². The van der Waals surface area contributed by atoms with Crippen molar-refractivity contribution in [1.82, 2.24) is 19.9 Å². The molecule has 6 heteroatoms. The van der Waals surface area contributed by atoms with E-state index in [1.54, 1.807) is 6.20 Å². The number of rotatable bonds is 3. The van der Waals surface area contributed by atoms with Crippen molar-refractivity contribution in [1.29, 1.82) is 0 Å². The fourth-order valence-corrected chi connectivity index (χ4v) is 4.13. The fourth-order valence-electron chi connectivity index (χ4n) is 4.13. The maximum absolute atomic E-state index is 12.7. The van der Waals surface area contributed by atoms with Crippen molar-refractivity contribution < 1.29 is 4.79 Å². The van der Waals surface area contributed by atoms with Gasteiger partial charge in [-0.3, -0.25) is 10.1 Å². The highest BCUT2D eigenvalue weighted by atomic mass is 16.1. The zero-order valence-electron chi connectivity index (χ0n) is 17.8. The van der Waals surface area contributed by atoms with Crippen LogP contribution in [-0.4, -0.2) is 25.7 Å². The Morgan fingerprint density at radius 3 is 2.45 bits per heavy atom. The average molecular weight is 409 g/mol. The Morgan fingerprint density at radius 1 is 0.871 bits per heavy atom. The number of hydrogen-bond acceptors (Lipinski definition) is 6. The van der Waals surface area contributed by atoms with Crippen LogP contribution in [0.2, 0.25) is 0 Å². The van der Waals surface area contributed by atoms with Gasteiger partial charge in [-0.25, -0.2) is 19.9 Å². The molecule has 31 heavy (non-hydrogen) atoms. The van der Waals surface area contributed by atoms with Gasteiger partial charge in [0.25, 0.3) is 0 Å². The molecule has 2 heterocycles. The molecular formula is C25H23N5O. The molecule has 154 valence electrons. The summed E-state index contributed by atoms with van der Waals surface area (Å²) in [6.07, 6.45) is 2.81. The third-order valence-electron chi connectivity index (χ3n) is 5.85. The first kappa shape index (κ1) is 19.3. The van der Waals surface area contributed by atoms with Crippen molar-refractivity contribution in [2.45, 2.75) is 39.5 Å². The average Bonchev–Trinajstić information content (AvgIpc) is 2.73. The number of fused-ring (bicyclic) bond motifs is 2. The largest absolute Gasteiger partial charge is 0.294 e. The number of ketones is 1. The van der Waals surface area contributed by atoms with Crippen molar-refractivity contribution in [3.8, 4) is 0 Å². The number of hydrogen-bond donors (Lipinski definition) is 1. The molecule has 0 radical (unpaired) electrons. The molecule has 1 atom stereocenters. The van der Waals surface area contributed by atoms with Crippen LogP contribution < -0.4 is 5.32 Å². The molecule has 2 aromatic carbocycles. The first-order valence-corrected chi connectivity index (χ1v) is 10.4. The molecule has 6 nitrogen and oxygen atoms in total. The molecule has 0 fully saturated rings. The summed E-state index contributed by atoms with van der Waals surface area (Å²) in [5.41, 5.74) is 6.67. The minimum Gasteiger partial charge on any atom is -0.294 e. The Kier molecular flexibility index (Phi) is 4.70. The highest BCUT2D eigenvalue weighted by Crippen LogP contribution is 2.32. The minimum atomic E-state index is 0.0895. The van der Waals surface area contributed by atoms with E-state index in [0.29, 0.717) is 30.3 Å². The van der Waals surface area contributed by atoms with Gasteiger partial charge in [0, 0.05) is 18.0 Å². The van der Waals surface area contributed by atoms with Crippen molar-refractivity contribution in [2.75, 3.05) is 5.32 Å². The van der Waals surface area contributed by atoms with Gasteiger partial charge in [0.1, 0.15) is 0 Å². The van der Waals surface area contributed by atoms with Crippen LogP contribution in [0.15, 0.2) is 48.7 Å². The van der Waals surface area contributed by atoms with Crippen LogP contribution in [0, 0.1) is 20.8 Å². The Hall–Kier alpha value is -3.67. The van der Waals surface area contributed by atoms with E-state index >= 15 is 0 Å². The van der Waals surface area contributed by atoms with E-state index in [1.165, 1.54) is 11.1 Å². The van der Waals surface area contributed by atoms with E-state index in [4.69, 9.17) is 0 Å². The van der Waals surface area contributed by atoms with Crippen LogP contribution in [0.25, 0.3) is 10.9 Å². The minimum absolute atomic E-state index is 0.0895. The predicted octanol–water partition coefficient (Wildman–Crippen LogP) is 5.00. The lowest BCUT2D eigenvalue weighted by atomic mass is 9.82. The molecule has 1 aliphatic rings. The normalized spacial score (nSPS) is 15.7. The van der Waals surface area contributed by atoms with Gasteiger partial charge in [-0.1, -0.05) is 42.0 Å². The van der Waals surface area contributed by atoms with Gasteiger partial charge in [-0.15, -0.1) is 0 Å². The lowest BCUT2D eigenvalue weighted by Crippen LogP contribution is -2.21. The van der Waals surface area contributed by atoms with E-state index in [1.807, 2.05) is 26.0 Å². The Bertz CT molecular complexity index is 1310. The molecule has 5 rings (SSSR count). The maximum Gasteiger partial charge on any atom is 0.230 e. The number of aromatic nitrogens is 4. The topological polar surface area (TPSA) is 80.7 Å². The van der Waals surface area contributed by atoms with Crippen LogP contribution >= 0.6 is 0 Å². The third-order valence-corrected chi connectivity index (χ3v) is 5.85. The molecule has 0 bridgehead atoms. The Morgan fingerprint density at radius 2 is 1.65 bits per heavy atom. The molecule has 2 aromatic heterocycles. The predicted molar refractivity (Wildman–Crippen MR) is 121 cm³/mol. The summed E-state index contributed by atoms with van der Waals surface area (Å²) in [6.45, 7) is 6.06. The second kappa shape index (κ2) is 7.54. The SMILES string of the molecule is Cc1ccc([C@H]2CC(=O)c3cnc(Nc4nc(C)c5ccc(C)cc5n4)nc3C2)cc1. The van der Waals surface area contributed by atoms with Crippen LogP contribution in [0.1, 0.15) is 50.8 Å².